The van der Waals surface area contributed by atoms with Crippen molar-refractivity contribution in [2.45, 2.75) is 46.0 Å². The number of aromatic amines is 1. The predicted octanol–water partition coefficient (Wildman–Crippen LogP) is 6.06. The van der Waals surface area contributed by atoms with Gasteiger partial charge in [0.15, 0.2) is 5.58 Å². The van der Waals surface area contributed by atoms with Crippen LogP contribution < -0.4 is 5.32 Å². The van der Waals surface area contributed by atoms with Crippen molar-refractivity contribution in [3.63, 3.8) is 0 Å². The number of nitrogens with zero attached hydrogens (tertiary/aromatic N) is 2. The van der Waals surface area contributed by atoms with Gasteiger partial charge in [0.2, 0.25) is 11.8 Å². The summed E-state index contributed by atoms with van der Waals surface area (Å²) in [6.45, 7) is 6.35. The third-order valence-corrected chi connectivity index (χ3v) is 6.16. The van der Waals surface area contributed by atoms with Crippen LogP contribution in [-0.4, -0.2) is 21.1 Å². The maximum Gasteiger partial charge on any atom is 0.231 e. The maximum absolute atomic E-state index is 12.3. The molecule has 5 rings (SSSR count). The molecule has 0 aliphatic heterocycles. The molecule has 1 saturated carbocycles. The van der Waals surface area contributed by atoms with Gasteiger partial charge in [-0.25, -0.2) is 4.98 Å². The van der Waals surface area contributed by atoms with Crippen molar-refractivity contribution in [3.8, 4) is 22.7 Å². The Bertz CT molecular complexity index is 1260. The average Bonchev–Trinajstić information content (AvgIpc) is 3.34. The van der Waals surface area contributed by atoms with Crippen molar-refractivity contribution in [2.75, 3.05) is 5.32 Å². The lowest BCUT2D eigenvalue weighted by Gasteiger charge is -2.24. The zero-order valence-electron chi connectivity index (χ0n) is 18.0. The number of aryl methyl sites for hydroxylation is 1. The van der Waals surface area contributed by atoms with Crippen molar-refractivity contribution >= 4 is 22.7 Å². The molecule has 1 fully saturated rings. The van der Waals surface area contributed by atoms with Crippen LogP contribution in [0.5, 0.6) is 0 Å². The summed E-state index contributed by atoms with van der Waals surface area (Å²) in [6, 6.07) is 12.0. The van der Waals surface area contributed by atoms with Crippen molar-refractivity contribution in [1.29, 1.82) is 0 Å². The minimum atomic E-state index is 0.101. The number of benzene rings is 2. The third kappa shape index (κ3) is 3.52. The molecule has 2 N–H and O–H groups in total. The van der Waals surface area contributed by atoms with Gasteiger partial charge in [0.1, 0.15) is 5.52 Å². The lowest BCUT2D eigenvalue weighted by molar-refractivity contribution is -0.122. The molecule has 1 aliphatic rings. The van der Waals surface area contributed by atoms with E-state index in [0.29, 0.717) is 11.8 Å². The first-order valence-corrected chi connectivity index (χ1v) is 10.9. The summed E-state index contributed by atoms with van der Waals surface area (Å²) < 4.78 is 6.26. The summed E-state index contributed by atoms with van der Waals surface area (Å²) in [5, 5.41) is 10.4. The molecule has 2 aromatic carbocycles. The first-order valence-electron chi connectivity index (χ1n) is 10.9. The van der Waals surface area contributed by atoms with Crippen LogP contribution in [0.2, 0.25) is 0 Å². The fourth-order valence-corrected chi connectivity index (χ4v) is 4.06. The molecule has 158 valence electrons. The molecule has 4 aromatic rings. The van der Waals surface area contributed by atoms with E-state index in [0.717, 1.165) is 64.0 Å². The summed E-state index contributed by atoms with van der Waals surface area (Å²) in [5.41, 5.74) is 7.26. The van der Waals surface area contributed by atoms with Gasteiger partial charge in [0, 0.05) is 17.2 Å². The van der Waals surface area contributed by atoms with Crippen LogP contribution in [0.3, 0.4) is 0 Å². The summed E-state index contributed by atoms with van der Waals surface area (Å²) in [7, 11) is 0. The number of rotatable bonds is 5. The largest absolute Gasteiger partial charge is 0.436 e. The van der Waals surface area contributed by atoms with E-state index in [9.17, 15) is 4.79 Å². The zero-order valence-corrected chi connectivity index (χ0v) is 18.0. The second-order valence-electron chi connectivity index (χ2n) is 8.68. The standard InChI is InChI=1S/C25H26N4O2/c1-14(2)19-11-10-15(3)21-23(19)31-25(28-21)20-13-26-29-22(20)17-8-5-9-18(12-17)27-24(30)16-6-4-7-16/h5,8-14,16H,4,6-7H2,1-3H3,(H,26,29)(H,27,30). The molecule has 0 radical (unpaired) electrons. The number of carbonyl (C=O) groups is 1. The molecular formula is C25H26N4O2. The highest BCUT2D eigenvalue weighted by Crippen LogP contribution is 2.36. The normalized spacial score (nSPS) is 14.2. The number of anilines is 1. The van der Waals surface area contributed by atoms with Crippen molar-refractivity contribution in [1.82, 2.24) is 15.2 Å². The van der Waals surface area contributed by atoms with Gasteiger partial charge in [0.25, 0.3) is 0 Å². The average molecular weight is 415 g/mol. The molecule has 0 atom stereocenters. The highest BCUT2D eigenvalue weighted by atomic mass is 16.3. The van der Waals surface area contributed by atoms with Gasteiger partial charge in [-0.15, -0.1) is 0 Å². The van der Waals surface area contributed by atoms with Crippen LogP contribution in [0.1, 0.15) is 50.2 Å². The van der Waals surface area contributed by atoms with Crippen LogP contribution in [-0.2, 0) is 4.79 Å². The second kappa shape index (κ2) is 7.69. The molecule has 1 amide bonds. The Kier molecular flexibility index (Phi) is 4.85. The number of amides is 1. The minimum absolute atomic E-state index is 0.101. The molecule has 31 heavy (non-hydrogen) atoms. The highest BCUT2D eigenvalue weighted by Gasteiger charge is 2.25. The van der Waals surface area contributed by atoms with Gasteiger partial charge in [-0.1, -0.05) is 44.5 Å². The molecule has 6 heteroatoms. The summed E-state index contributed by atoms with van der Waals surface area (Å²) >= 11 is 0. The van der Waals surface area contributed by atoms with Crippen molar-refractivity contribution in [2.24, 2.45) is 5.92 Å². The summed E-state index contributed by atoms with van der Waals surface area (Å²) in [6.07, 6.45) is 4.83. The molecule has 2 heterocycles. The minimum Gasteiger partial charge on any atom is -0.436 e. The Morgan fingerprint density at radius 2 is 2.06 bits per heavy atom. The van der Waals surface area contributed by atoms with E-state index in [1.54, 1.807) is 6.20 Å². The Labute approximate surface area is 181 Å². The first kappa shape index (κ1) is 19.5. The second-order valence-corrected chi connectivity index (χ2v) is 8.68. The highest BCUT2D eigenvalue weighted by molar-refractivity contribution is 5.94. The molecule has 0 saturated heterocycles. The fraction of sp³-hybridized carbons (Fsp3) is 0.320. The Hall–Kier alpha value is -3.41. The van der Waals surface area contributed by atoms with Crippen LogP contribution in [0, 0.1) is 12.8 Å². The van der Waals surface area contributed by atoms with Gasteiger partial charge >= 0.3 is 0 Å². The molecule has 0 bridgehead atoms. The van der Waals surface area contributed by atoms with E-state index in [1.165, 1.54) is 0 Å². The quantitative estimate of drug-likeness (QED) is 0.416. The number of aromatic nitrogens is 3. The lowest BCUT2D eigenvalue weighted by atomic mass is 9.85. The Balaban J connectivity index is 1.52. The molecular weight excluding hydrogens is 388 g/mol. The van der Waals surface area contributed by atoms with E-state index < -0.39 is 0 Å². The van der Waals surface area contributed by atoms with Gasteiger partial charge in [-0.05, 0) is 48.9 Å². The monoisotopic (exact) mass is 414 g/mol. The van der Waals surface area contributed by atoms with E-state index in [-0.39, 0.29) is 11.8 Å². The first-order chi connectivity index (χ1) is 15.0. The molecule has 6 nitrogen and oxygen atoms in total. The lowest BCUT2D eigenvalue weighted by Crippen LogP contribution is -2.27. The topological polar surface area (TPSA) is 83.8 Å². The molecule has 1 aliphatic carbocycles. The number of carbonyl (C=O) groups excluding carboxylic acids is 1. The smallest absolute Gasteiger partial charge is 0.231 e. The van der Waals surface area contributed by atoms with Crippen LogP contribution in [0.25, 0.3) is 33.8 Å². The number of fused-ring (bicyclic) bond motifs is 1. The van der Waals surface area contributed by atoms with Crippen LogP contribution in [0.4, 0.5) is 5.69 Å². The fourth-order valence-electron chi connectivity index (χ4n) is 4.06. The molecule has 0 spiro atoms. The Morgan fingerprint density at radius 1 is 1.23 bits per heavy atom. The van der Waals surface area contributed by atoms with Crippen molar-refractivity contribution < 1.29 is 9.21 Å². The van der Waals surface area contributed by atoms with Gasteiger partial charge in [-0.2, -0.15) is 5.10 Å². The van der Waals surface area contributed by atoms with Crippen LogP contribution >= 0.6 is 0 Å². The van der Waals surface area contributed by atoms with Gasteiger partial charge in [0.05, 0.1) is 17.5 Å². The zero-order chi connectivity index (χ0) is 21.5. The number of oxazole rings is 1. The maximum atomic E-state index is 12.3. The predicted molar refractivity (Wildman–Crippen MR) is 122 cm³/mol. The van der Waals surface area contributed by atoms with Crippen molar-refractivity contribution in [3.05, 3.63) is 53.7 Å². The number of H-pyrrole nitrogens is 1. The van der Waals surface area contributed by atoms with Gasteiger partial charge < -0.3 is 9.73 Å². The summed E-state index contributed by atoms with van der Waals surface area (Å²) in [5.74, 6) is 1.12. The third-order valence-electron chi connectivity index (χ3n) is 6.16. The molecule has 2 aromatic heterocycles. The van der Waals surface area contributed by atoms with E-state index in [1.807, 2.05) is 31.2 Å². The number of hydrogen-bond donors (Lipinski definition) is 2. The van der Waals surface area contributed by atoms with Gasteiger partial charge in [-0.3, -0.25) is 9.89 Å². The summed E-state index contributed by atoms with van der Waals surface area (Å²) in [4.78, 5) is 17.1. The number of nitrogens with one attached hydrogen (secondary N) is 2. The van der Waals surface area contributed by atoms with E-state index in [4.69, 9.17) is 9.40 Å². The molecule has 0 unspecified atom stereocenters. The SMILES string of the molecule is Cc1ccc(C(C)C)c2oc(-c3cn[nH]c3-c3cccc(NC(=O)C4CCC4)c3)nc12. The van der Waals surface area contributed by atoms with Crippen LogP contribution in [0.15, 0.2) is 47.0 Å². The van der Waals surface area contributed by atoms with E-state index in [2.05, 4.69) is 41.5 Å². The Morgan fingerprint density at radius 3 is 2.81 bits per heavy atom. The number of hydrogen-bond acceptors (Lipinski definition) is 4. The van der Waals surface area contributed by atoms with E-state index >= 15 is 0 Å².